The molecule has 24 heavy (non-hydrogen) atoms. The lowest BCUT2D eigenvalue weighted by atomic mass is 10.1. The second kappa shape index (κ2) is 7.92. The third-order valence-corrected chi connectivity index (χ3v) is 5.31. The summed E-state index contributed by atoms with van der Waals surface area (Å²) >= 11 is 1.68. The molecule has 1 atom stereocenters. The van der Waals surface area contributed by atoms with E-state index in [0.29, 0.717) is 13.2 Å². The van der Waals surface area contributed by atoms with Crippen LogP contribution < -0.4 is 5.32 Å². The van der Waals surface area contributed by atoms with Crippen LogP contribution >= 0.6 is 11.3 Å². The van der Waals surface area contributed by atoms with Crippen LogP contribution in [0.15, 0.2) is 23.8 Å². The van der Waals surface area contributed by atoms with E-state index in [1.54, 1.807) is 18.4 Å². The zero-order chi connectivity index (χ0) is 16.9. The van der Waals surface area contributed by atoms with Crippen molar-refractivity contribution in [1.29, 1.82) is 0 Å². The summed E-state index contributed by atoms with van der Waals surface area (Å²) in [6, 6.07) is 4.19. The van der Waals surface area contributed by atoms with Gasteiger partial charge in [-0.3, -0.25) is 9.69 Å². The average molecular weight is 348 g/mol. The molecule has 0 saturated heterocycles. The Bertz CT molecular complexity index is 682. The Kier molecular flexibility index (Phi) is 5.65. The topological polar surface area (TPSA) is 59.4 Å². The van der Waals surface area contributed by atoms with Crippen molar-refractivity contribution < 1.29 is 9.53 Å². The Morgan fingerprint density at radius 3 is 3.12 bits per heavy atom. The molecule has 1 aliphatic rings. The molecule has 3 heterocycles. The van der Waals surface area contributed by atoms with Crippen molar-refractivity contribution >= 4 is 17.2 Å². The molecule has 1 amide bonds. The summed E-state index contributed by atoms with van der Waals surface area (Å²) in [6.45, 7) is 6.30. The van der Waals surface area contributed by atoms with E-state index in [1.807, 2.05) is 12.4 Å². The molecule has 0 fully saturated rings. The molecule has 1 aliphatic heterocycles. The maximum absolute atomic E-state index is 12.6. The lowest BCUT2D eigenvalue weighted by Crippen LogP contribution is -2.39. The molecule has 6 nitrogen and oxygen atoms in total. The van der Waals surface area contributed by atoms with E-state index in [2.05, 4.69) is 38.1 Å². The molecule has 0 bridgehead atoms. The largest absolute Gasteiger partial charge is 0.383 e. The maximum Gasteiger partial charge on any atom is 0.226 e. The van der Waals surface area contributed by atoms with Crippen molar-refractivity contribution in [1.82, 2.24) is 19.8 Å². The molecule has 0 unspecified atom stereocenters. The minimum Gasteiger partial charge on any atom is -0.383 e. The number of thiazole rings is 1. The molecule has 7 heteroatoms. The van der Waals surface area contributed by atoms with Gasteiger partial charge in [0.2, 0.25) is 5.91 Å². The second-order valence-corrected chi connectivity index (χ2v) is 7.10. The normalized spacial score (nSPS) is 18.2. The third-order valence-electron chi connectivity index (χ3n) is 4.39. The summed E-state index contributed by atoms with van der Waals surface area (Å²) in [5, 5.41) is 2.98. The number of carbonyl (C=O) groups is 1. The summed E-state index contributed by atoms with van der Waals surface area (Å²) in [5.74, 6) is 0.0309. The Balaban J connectivity index is 1.73. The van der Waals surface area contributed by atoms with Crippen LogP contribution in [0.3, 0.4) is 0 Å². The number of carbonyl (C=O) groups excluding carboxylic acids is 1. The minimum absolute atomic E-state index is 0.0660. The van der Waals surface area contributed by atoms with Crippen LogP contribution in [0.1, 0.15) is 16.3 Å². The summed E-state index contributed by atoms with van der Waals surface area (Å²) in [6.07, 6.45) is 2.06. The van der Waals surface area contributed by atoms with Gasteiger partial charge in [-0.1, -0.05) is 0 Å². The monoisotopic (exact) mass is 348 g/mol. The van der Waals surface area contributed by atoms with Crippen LogP contribution in [0.5, 0.6) is 0 Å². The first kappa shape index (κ1) is 17.1. The Labute approximate surface area is 146 Å². The predicted molar refractivity (Wildman–Crippen MR) is 93.8 cm³/mol. The fourth-order valence-electron chi connectivity index (χ4n) is 3.06. The van der Waals surface area contributed by atoms with E-state index < -0.39 is 0 Å². The van der Waals surface area contributed by atoms with Gasteiger partial charge in [-0.15, -0.1) is 11.3 Å². The van der Waals surface area contributed by atoms with Gasteiger partial charge in [0.15, 0.2) is 0 Å². The number of methoxy groups -OCH3 is 1. The van der Waals surface area contributed by atoms with E-state index in [9.17, 15) is 4.79 Å². The number of aromatic nitrogens is 2. The number of rotatable bonds is 6. The van der Waals surface area contributed by atoms with Crippen LogP contribution in [-0.4, -0.2) is 47.2 Å². The highest BCUT2D eigenvalue weighted by Crippen LogP contribution is 2.22. The molecule has 0 aliphatic carbocycles. The van der Waals surface area contributed by atoms with Crippen molar-refractivity contribution in [2.75, 3.05) is 26.8 Å². The van der Waals surface area contributed by atoms with E-state index in [1.165, 1.54) is 10.6 Å². The van der Waals surface area contributed by atoms with Gasteiger partial charge >= 0.3 is 0 Å². The second-order valence-electron chi connectivity index (χ2n) is 6.16. The molecule has 0 spiro atoms. The van der Waals surface area contributed by atoms with E-state index in [4.69, 9.17) is 4.74 Å². The summed E-state index contributed by atoms with van der Waals surface area (Å²) in [7, 11) is 1.64. The smallest absolute Gasteiger partial charge is 0.226 e. The first-order chi connectivity index (χ1) is 11.7. The molecule has 2 aromatic heterocycles. The third kappa shape index (κ3) is 4.03. The summed E-state index contributed by atoms with van der Waals surface area (Å²) < 4.78 is 7.21. The van der Waals surface area contributed by atoms with Gasteiger partial charge in [0.05, 0.1) is 23.7 Å². The van der Waals surface area contributed by atoms with Crippen LogP contribution in [0.2, 0.25) is 0 Å². The van der Waals surface area contributed by atoms with Crippen molar-refractivity contribution in [2.45, 2.75) is 26.6 Å². The minimum atomic E-state index is -0.0660. The molecule has 130 valence electrons. The first-order valence-electron chi connectivity index (χ1n) is 8.19. The molecule has 0 aromatic carbocycles. The van der Waals surface area contributed by atoms with Crippen molar-refractivity contribution in [3.63, 3.8) is 0 Å². The number of nitrogens with one attached hydrogen (secondary N) is 1. The molecule has 3 rings (SSSR count). The number of amides is 1. The van der Waals surface area contributed by atoms with E-state index in [0.717, 1.165) is 31.9 Å². The molecule has 2 aromatic rings. The number of ether oxygens (including phenoxy) is 1. The van der Waals surface area contributed by atoms with Gasteiger partial charge in [0, 0.05) is 56.6 Å². The Morgan fingerprint density at radius 1 is 1.50 bits per heavy atom. The molecular formula is C17H24N4O2S. The van der Waals surface area contributed by atoms with Crippen LogP contribution in [0, 0.1) is 12.8 Å². The van der Waals surface area contributed by atoms with Crippen LogP contribution in [0.4, 0.5) is 0 Å². The van der Waals surface area contributed by atoms with Crippen molar-refractivity contribution in [2.24, 2.45) is 5.92 Å². The van der Waals surface area contributed by atoms with Gasteiger partial charge < -0.3 is 14.6 Å². The zero-order valence-corrected chi connectivity index (χ0v) is 15.0. The fraction of sp³-hybridized carbons (Fsp3) is 0.529. The summed E-state index contributed by atoms with van der Waals surface area (Å²) in [4.78, 5) is 20.5. The quantitative estimate of drug-likeness (QED) is 0.807. The SMILES string of the molecule is COCCNC(=O)[C@@H]1CN(Cc2scnc2C)Cc2cccn2C1. The molecule has 0 saturated carbocycles. The molecular weight excluding hydrogens is 324 g/mol. The summed E-state index contributed by atoms with van der Waals surface area (Å²) in [5.41, 5.74) is 4.23. The average Bonchev–Trinajstić information content (AvgIpc) is 3.12. The van der Waals surface area contributed by atoms with Crippen LogP contribution in [0.25, 0.3) is 0 Å². The zero-order valence-electron chi connectivity index (χ0n) is 14.2. The van der Waals surface area contributed by atoms with E-state index >= 15 is 0 Å². The van der Waals surface area contributed by atoms with Gasteiger partial charge in [-0.2, -0.15) is 0 Å². The first-order valence-corrected chi connectivity index (χ1v) is 9.07. The predicted octanol–water partition coefficient (Wildman–Crippen LogP) is 1.65. The maximum atomic E-state index is 12.6. The number of hydrogen-bond donors (Lipinski definition) is 1. The molecule has 1 N–H and O–H groups in total. The van der Waals surface area contributed by atoms with Gasteiger partial charge in [0.1, 0.15) is 0 Å². The number of aryl methyl sites for hydroxylation is 1. The van der Waals surface area contributed by atoms with Crippen molar-refractivity contribution in [3.05, 3.63) is 40.1 Å². The fourth-order valence-corrected chi connectivity index (χ4v) is 3.88. The highest BCUT2D eigenvalue weighted by molar-refractivity contribution is 7.09. The van der Waals surface area contributed by atoms with Crippen molar-refractivity contribution in [3.8, 4) is 0 Å². The lowest BCUT2D eigenvalue weighted by Gasteiger charge is -2.23. The standard InChI is InChI=1S/C17H24N4O2S/c1-13-16(24-12-19-13)11-20-8-14(17(22)18-5-7-23-2)9-21-6-3-4-15(21)10-20/h3-4,6,12,14H,5,7-11H2,1-2H3,(H,18,22)/t14-/m1/s1. The number of fused-ring (bicyclic) bond motifs is 1. The van der Waals surface area contributed by atoms with Gasteiger partial charge in [0.25, 0.3) is 0 Å². The van der Waals surface area contributed by atoms with Gasteiger partial charge in [-0.05, 0) is 19.1 Å². The van der Waals surface area contributed by atoms with Gasteiger partial charge in [-0.25, -0.2) is 4.98 Å². The number of hydrogen-bond acceptors (Lipinski definition) is 5. The molecule has 0 radical (unpaired) electrons. The Hall–Kier alpha value is -1.70. The highest BCUT2D eigenvalue weighted by Gasteiger charge is 2.27. The van der Waals surface area contributed by atoms with E-state index in [-0.39, 0.29) is 11.8 Å². The lowest BCUT2D eigenvalue weighted by molar-refractivity contribution is -0.126. The number of nitrogens with zero attached hydrogens (tertiary/aromatic N) is 3. The van der Waals surface area contributed by atoms with Crippen LogP contribution in [-0.2, 0) is 29.2 Å². The Morgan fingerprint density at radius 2 is 2.38 bits per heavy atom. The highest BCUT2D eigenvalue weighted by atomic mass is 32.1.